The van der Waals surface area contributed by atoms with Gasteiger partial charge in [-0.05, 0) is 18.2 Å². The second-order valence-corrected chi connectivity index (χ2v) is 3.74. The first-order valence-electron chi connectivity index (χ1n) is 5.40. The molecule has 0 unspecified atom stereocenters. The number of hydrogen-bond donors (Lipinski definition) is 0. The van der Waals surface area contributed by atoms with Gasteiger partial charge in [-0.1, -0.05) is 6.07 Å². The zero-order valence-corrected chi connectivity index (χ0v) is 10.00. The predicted molar refractivity (Wildman–Crippen MR) is 67.1 cm³/mol. The van der Waals surface area contributed by atoms with E-state index >= 15 is 0 Å². The highest BCUT2D eigenvalue weighted by molar-refractivity contribution is 5.44. The summed E-state index contributed by atoms with van der Waals surface area (Å²) in [6.07, 6.45) is 5.33. The number of rotatable bonds is 4. The highest BCUT2D eigenvalue weighted by Crippen LogP contribution is 2.18. The number of anilines is 1. The number of hydrogen-bond acceptors (Lipinski definition) is 4. The molecule has 4 heteroatoms. The lowest BCUT2D eigenvalue weighted by atomic mass is 10.2. The normalized spacial score (nSPS) is 10.0. The molecule has 2 rings (SSSR count). The van der Waals surface area contributed by atoms with Crippen molar-refractivity contribution >= 4 is 5.69 Å². The zero-order valence-electron chi connectivity index (χ0n) is 10.00. The maximum atomic E-state index is 5.23. The molecule has 0 aliphatic rings. The van der Waals surface area contributed by atoms with Gasteiger partial charge in [0.15, 0.2) is 0 Å². The Morgan fingerprint density at radius 3 is 2.76 bits per heavy atom. The van der Waals surface area contributed by atoms with E-state index in [0.717, 1.165) is 17.8 Å². The van der Waals surface area contributed by atoms with Gasteiger partial charge in [0.05, 0.1) is 19.0 Å². The second-order valence-electron chi connectivity index (χ2n) is 3.74. The van der Waals surface area contributed by atoms with Crippen LogP contribution in [0.5, 0.6) is 5.88 Å². The third-order valence-corrected chi connectivity index (χ3v) is 2.54. The maximum Gasteiger partial charge on any atom is 0.218 e. The van der Waals surface area contributed by atoms with E-state index in [1.807, 2.05) is 37.5 Å². The molecular formula is C13H15N3O. The molecule has 2 aromatic heterocycles. The average Bonchev–Trinajstić information content (AvgIpc) is 2.40. The van der Waals surface area contributed by atoms with Gasteiger partial charge in [0.1, 0.15) is 0 Å². The van der Waals surface area contributed by atoms with Crippen molar-refractivity contribution in [2.75, 3.05) is 19.1 Å². The van der Waals surface area contributed by atoms with E-state index in [1.54, 1.807) is 19.5 Å². The van der Waals surface area contributed by atoms with Crippen molar-refractivity contribution in [1.82, 2.24) is 9.97 Å². The maximum absolute atomic E-state index is 5.23. The van der Waals surface area contributed by atoms with Crippen molar-refractivity contribution in [3.8, 4) is 5.88 Å². The first-order chi connectivity index (χ1) is 8.31. The Bertz CT molecular complexity index is 473. The molecule has 17 heavy (non-hydrogen) atoms. The Balaban J connectivity index is 2.16. The zero-order chi connectivity index (χ0) is 12.1. The number of pyridine rings is 2. The van der Waals surface area contributed by atoms with Crippen LogP contribution in [0.1, 0.15) is 5.56 Å². The van der Waals surface area contributed by atoms with Crippen LogP contribution in [-0.4, -0.2) is 24.1 Å². The lowest BCUT2D eigenvalue weighted by Gasteiger charge is -2.19. The molecule has 0 saturated carbocycles. The van der Waals surface area contributed by atoms with Crippen molar-refractivity contribution in [3.05, 3.63) is 48.4 Å². The molecule has 0 fully saturated rings. The molecule has 0 aliphatic carbocycles. The van der Waals surface area contributed by atoms with Crippen LogP contribution in [0.3, 0.4) is 0 Å². The number of aromatic nitrogens is 2. The summed E-state index contributed by atoms with van der Waals surface area (Å²) in [5.74, 6) is 0.670. The monoisotopic (exact) mass is 229 g/mol. The van der Waals surface area contributed by atoms with Gasteiger partial charge in [0, 0.05) is 31.5 Å². The summed E-state index contributed by atoms with van der Waals surface area (Å²) in [5, 5.41) is 0. The van der Waals surface area contributed by atoms with Crippen molar-refractivity contribution in [3.63, 3.8) is 0 Å². The fourth-order valence-corrected chi connectivity index (χ4v) is 1.65. The van der Waals surface area contributed by atoms with E-state index < -0.39 is 0 Å². The average molecular weight is 229 g/mol. The molecule has 0 spiro atoms. The molecule has 88 valence electrons. The van der Waals surface area contributed by atoms with Crippen LogP contribution >= 0.6 is 0 Å². The first-order valence-corrected chi connectivity index (χ1v) is 5.40. The van der Waals surface area contributed by atoms with Gasteiger partial charge in [-0.3, -0.25) is 4.98 Å². The molecular weight excluding hydrogens is 214 g/mol. The molecule has 0 atom stereocenters. The molecule has 0 radical (unpaired) electrons. The van der Waals surface area contributed by atoms with Crippen LogP contribution in [0, 0.1) is 0 Å². The molecule has 0 amide bonds. The SMILES string of the molecule is COc1ncccc1CN(C)c1cccnc1. The van der Waals surface area contributed by atoms with Gasteiger partial charge in [0.2, 0.25) is 5.88 Å². The Hall–Kier alpha value is -2.10. The van der Waals surface area contributed by atoms with E-state index in [9.17, 15) is 0 Å². The standard InChI is InChI=1S/C13H15N3O/c1-16(12-6-4-7-14-9-12)10-11-5-3-8-15-13(11)17-2/h3-9H,10H2,1-2H3. The number of methoxy groups -OCH3 is 1. The van der Waals surface area contributed by atoms with Gasteiger partial charge in [-0.15, -0.1) is 0 Å². The third kappa shape index (κ3) is 2.72. The minimum Gasteiger partial charge on any atom is -0.481 e. The van der Waals surface area contributed by atoms with E-state index in [0.29, 0.717) is 5.88 Å². The quantitative estimate of drug-likeness (QED) is 0.805. The minimum absolute atomic E-state index is 0.670. The van der Waals surface area contributed by atoms with Crippen molar-refractivity contribution < 1.29 is 4.74 Å². The summed E-state index contributed by atoms with van der Waals surface area (Å²) in [7, 11) is 3.65. The van der Waals surface area contributed by atoms with Gasteiger partial charge < -0.3 is 9.64 Å². The largest absolute Gasteiger partial charge is 0.481 e. The Morgan fingerprint density at radius 1 is 1.24 bits per heavy atom. The highest BCUT2D eigenvalue weighted by Gasteiger charge is 2.07. The van der Waals surface area contributed by atoms with Crippen molar-refractivity contribution in [1.29, 1.82) is 0 Å². The summed E-state index contributed by atoms with van der Waals surface area (Å²) < 4.78 is 5.23. The summed E-state index contributed by atoms with van der Waals surface area (Å²) in [6, 6.07) is 7.87. The van der Waals surface area contributed by atoms with Gasteiger partial charge in [0.25, 0.3) is 0 Å². The lowest BCUT2D eigenvalue weighted by molar-refractivity contribution is 0.392. The Labute approximate surface area is 101 Å². The van der Waals surface area contributed by atoms with Crippen LogP contribution in [0.25, 0.3) is 0 Å². The van der Waals surface area contributed by atoms with Gasteiger partial charge in [-0.2, -0.15) is 0 Å². The summed E-state index contributed by atoms with van der Waals surface area (Å²) in [6.45, 7) is 0.739. The van der Waals surface area contributed by atoms with E-state index in [1.165, 1.54) is 0 Å². The minimum atomic E-state index is 0.670. The van der Waals surface area contributed by atoms with Crippen LogP contribution in [0.4, 0.5) is 5.69 Å². The highest BCUT2D eigenvalue weighted by atomic mass is 16.5. The Kier molecular flexibility index (Phi) is 3.55. The molecule has 0 aromatic carbocycles. The van der Waals surface area contributed by atoms with Crippen LogP contribution in [0.2, 0.25) is 0 Å². The van der Waals surface area contributed by atoms with Gasteiger partial charge in [-0.25, -0.2) is 4.98 Å². The fraction of sp³-hybridized carbons (Fsp3) is 0.231. The topological polar surface area (TPSA) is 38.2 Å². The van der Waals surface area contributed by atoms with Crippen LogP contribution in [0.15, 0.2) is 42.9 Å². The summed E-state index contributed by atoms with van der Waals surface area (Å²) in [4.78, 5) is 10.4. The van der Waals surface area contributed by atoms with Crippen LogP contribution < -0.4 is 9.64 Å². The molecule has 0 aliphatic heterocycles. The summed E-state index contributed by atoms with van der Waals surface area (Å²) >= 11 is 0. The van der Waals surface area contributed by atoms with E-state index in [2.05, 4.69) is 14.9 Å². The molecule has 4 nitrogen and oxygen atoms in total. The number of nitrogens with zero attached hydrogens (tertiary/aromatic N) is 3. The lowest BCUT2D eigenvalue weighted by Crippen LogP contribution is -2.17. The molecule has 0 saturated heterocycles. The number of ether oxygens (including phenoxy) is 1. The third-order valence-electron chi connectivity index (χ3n) is 2.54. The summed E-state index contributed by atoms with van der Waals surface area (Å²) in [5.41, 5.74) is 2.12. The smallest absolute Gasteiger partial charge is 0.218 e. The van der Waals surface area contributed by atoms with E-state index in [-0.39, 0.29) is 0 Å². The second kappa shape index (κ2) is 5.30. The fourth-order valence-electron chi connectivity index (χ4n) is 1.65. The van der Waals surface area contributed by atoms with Crippen molar-refractivity contribution in [2.24, 2.45) is 0 Å². The molecule has 2 heterocycles. The molecule has 0 bridgehead atoms. The van der Waals surface area contributed by atoms with Gasteiger partial charge >= 0.3 is 0 Å². The predicted octanol–water partition coefficient (Wildman–Crippen LogP) is 2.12. The van der Waals surface area contributed by atoms with Crippen molar-refractivity contribution in [2.45, 2.75) is 6.54 Å². The Morgan fingerprint density at radius 2 is 2.06 bits per heavy atom. The molecule has 2 aromatic rings. The first kappa shape index (κ1) is 11.4. The van der Waals surface area contributed by atoms with Crippen LogP contribution in [-0.2, 0) is 6.54 Å². The molecule has 0 N–H and O–H groups in total. The van der Waals surface area contributed by atoms with E-state index in [4.69, 9.17) is 4.74 Å².